The first-order valence-corrected chi connectivity index (χ1v) is 2.21. The zero-order valence-corrected chi connectivity index (χ0v) is 8.76. The summed E-state index contributed by atoms with van der Waals surface area (Å²) in [4.78, 5) is 18.1. The van der Waals surface area contributed by atoms with Crippen molar-refractivity contribution >= 4 is 35.7 Å². The van der Waals surface area contributed by atoms with E-state index in [2.05, 4.69) is 36.7 Å². The van der Waals surface area contributed by atoms with Crippen LogP contribution in [-0.4, -0.2) is 10.5 Å². The molecule has 52 valence electrons. The molecule has 0 aromatic rings. The van der Waals surface area contributed by atoms with E-state index in [0.717, 1.165) is 0 Å². The Hall–Kier alpha value is 0.0683. The topological polar surface area (TPSA) is 86.2 Å². The van der Waals surface area contributed by atoms with Gasteiger partial charge in [-0.2, -0.15) is 0 Å². The van der Waals surface area contributed by atoms with Crippen molar-refractivity contribution in [1.29, 1.82) is 0 Å². The van der Waals surface area contributed by atoms with Crippen LogP contribution in [0.5, 0.6) is 0 Å². The Balaban J connectivity index is -0.0000000720. The van der Waals surface area contributed by atoms with Gasteiger partial charge in [-0.3, -0.25) is 0 Å². The first kappa shape index (κ1) is 16.0. The average molecular weight is 336 g/mol. The van der Waals surface area contributed by atoms with Gasteiger partial charge in [0.25, 0.3) is 0 Å². The van der Waals surface area contributed by atoms with Crippen LogP contribution in [0.25, 0.3) is 0 Å². The summed E-state index contributed by atoms with van der Waals surface area (Å²) in [5, 5.41) is -1.50. The van der Waals surface area contributed by atoms with Gasteiger partial charge < -0.3 is 46.3 Å². The number of rotatable bonds is 0. The molecule has 0 aromatic heterocycles. The standard InChI is InChI=1S/2CH3NOS.W/c2*2-1(3)4;/h2*(H3,2,3,4);/q;;+2/p-2. The molecular formula is C2H4N2O2S2W. The van der Waals surface area contributed by atoms with E-state index in [4.69, 9.17) is 9.59 Å². The molecule has 0 spiro atoms. The number of primary amides is 2. The van der Waals surface area contributed by atoms with Crippen LogP contribution in [0, 0.1) is 0 Å². The predicted molar refractivity (Wildman–Crippen MR) is 33.9 cm³/mol. The van der Waals surface area contributed by atoms with Crippen LogP contribution >= 0.6 is 0 Å². The van der Waals surface area contributed by atoms with Crippen molar-refractivity contribution in [2.24, 2.45) is 11.5 Å². The molecule has 0 aliphatic carbocycles. The fraction of sp³-hybridized carbons (Fsp3) is 0. The molecule has 7 heteroatoms. The van der Waals surface area contributed by atoms with Crippen LogP contribution < -0.4 is 11.5 Å². The number of carbonyl (C=O) groups is 2. The smallest absolute Gasteiger partial charge is 0.719 e. The molecule has 0 atom stereocenters. The molecule has 2 amide bonds. The van der Waals surface area contributed by atoms with Gasteiger partial charge >= 0.3 is 21.1 Å². The fourth-order valence-corrected chi connectivity index (χ4v) is 0. The van der Waals surface area contributed by atoms with E-state index >= 15 is 0 Å². The number of amides is 2. The Morgan fingerprint density at radius 2 is 1.00 bits per heavy atom. The second-order valence-corrected chi connectivity index (χ2v) is 1.44. The van der Waals surface area contributed by atoms with Crippen molar-refractivity contribution in [3.05, 3.63) is 0 Å². The quantitative estimate of drug-likeness (QED) is 0.569. The normalized spacial score (nSPS) is 5.33. The summed E-state index contributed by atoms with van der Waals surface area (Å²) in [7, 11) is 0. The van der Waals surface area contributed by atoms with Crippen LogP contribution in [-0.2, 0) is 46.3 Å². The predicted octanol–water partition coefficient (Wildman–Crippen LogP) is -0.778. The minimum absolute atomic E-state index is 0. The molecule has 0 rings (SSSR count). The minimum atomic E-state index is -0.750. The van der Waals surface area contributed by atoms with E-state index in [0.29, 0.717) is 0 Å². The van der Waals surface area contributed by atoms with Crippen LogP contribution in [0.15, 0.2) is 0 Å². The van der Waals surface area contributed by atoms with Gasteiger partial charge in [0.15, 0.2) is 0 Å². The maximum atomic E-state index is 9.04. The second-order valence-electron chi connectivity index (χ2n) is 0.638. The zero-order chi connectivity index (χ0) is 7.15. The van der Waals surface area contributed by atoms with Crippen molar-refractivity contribution in [3.63, 3.8) is 0 Å². The Morgan fingerprint density at radius 3 is 1.00 bits per heavy atom. The largest absolute Gasteiger partial charge is 2.00 e. The summed E-state index contributed by atoms with van der Waals surface area (Å²) in [6.07, 6.45) is 0. The summed E-state index contributed by atoms with van der Waals surface area (Å²) in [6.45, 7) is 0. The first-order valence-electron chi connectivity index (χ1n) is 1.39. The molecule has 0 saturated heterocycles. The van der Waals surface area contributed by atoms with Crippen molar-refractivity contribution in [3.8, 4) is 0 Å². The molecule has 0 unspecified atom stereocenters. The van der Waals surface area contributed by atoms with Crippen LogP contribution in [0.2, 0.25) is 0 Å². The third-order valence-corrected chi connectivity index (χ3v) is 0. The third-order valence-electron chi connectivity index (χ3n) is 0. The molecule has 0 fully saturated rings. The van der Waals surface area contributed by atoms with Gasteiger partial charge in [-0.15, -0.1) is 0 Å². The summed E-state index contributed by atoms with van der Waals surface area (Å²) in [5.41, 5.74) is 8.57. The zero-order valence-electron chi connectivity index (χ0n) is 4.20. The van der Waals surface area contributed by atoms with E-state index in [1.165, 1.54) is 0 Å². The van der Waals surface area contributed by atoms with Crippen LogP contribution in [0.4, 0.5) is 9.59 Å². The van der Waals surface area contributed by atoms with Gasteiger partial charge in [0, 0.05) is 0 Å². The third kappa shape index (κ3) is 63700. The summed E-state index contributed by atoms with van der Waals surface area (Å²) >= 11 is 7.52. The maximum Gasteiger partial charge on any atom is 2.00 e. The van der Waals surface area contributed by atoms with Crippen LogP contribution in [0.3, 0.4) is 0 Å². The van der Waals surface area contributed by atoms with E-state index in [9.17, 15) is 0 Å². The van der Waals surface area contributed by atoms with Crippen LogP contribution in [0.1, 0.15) is 0 Å². The molecule has 0 aromatic carbocycles. The van der Waals surface area contributed by atoms with Gasteiger partial charge in [-0.25, -0.2) is 0 Å². The number of hydrogen-bond donors (Lipinski definition) is 2. The summed E-state index contributed by atoms with van der Waals surface area (Å²) < 4.78 is 0. The number of hydrogen-bond acceptors (Lipinski definition) is 4. The second kappa shape index (κ2) is 10.9. The van der Waals surface area contributed by atoms with E-state index in [1.807, 2.05) is 0 Å². The maximum absolute atomic E-state index is 9.04. The van der Waals surface area contributed by atoms with Gasteiger partial charge in [0.2, 0.25) is 0 Å². The molecule has 4 N–H and O–H groups in total. The van der Waals surface area contributed by atoms with Gasteiger partial charge in [-0.1, -0.05) is 0 Å². The van der Waals surface area contributed by atoms with E-state index in [1.54, 1.807) is 0 Å². The van der Waals surface area contributed by atoms with E-state index in [-0.39, 0.29) is 21.1 Å². The monoisotopic (exact) mass is 336 g/mol. The van der Waals surface area contributed by atoms with Crippen molar-refractivity contribution in [1.82, 2.24) is 0 Å². The van der Waals surface area contributed by atoms with Gasteiger partial charge in [0.1, 0.15) is 0 Å². The molecular weight excluding hydrogens is 332 g/mol. The van der Waals surface area contributed by atoms with Crippen molar-refractivity contribution < 1.29 is 30.7 Å². The van der Waals surface area contributed by atoms with Gasteiger partial charge in [-0.05, 0) is 0 Å². The Kier molecular flexibility index (Phi) is 19.5. The van der Waals surface area contributed by atoms with Gasteiger partial charge in [0.05, 0.1) is 10.5 Å². The summed E-state index contributed by atoms with van der Waals surface area (Å²) in [5.74, 6) is 0. The SMILES string of the molecule is NC(=O)[S-].NC(=O)[S-].[W+2]. The molecule has 0 bridgehead atoms. The number of nitrogens with two attached hydrogens (primary N) is 2. The first-order chi connectivity index (χ1) is 3.46. The molecule has 9 heavy (non-hydrogen) atoms. The molecule has 4 nitrogen and oxygen atoms in total. The molecule has 0 aliphatic heterocycles. The fourth-order valence-electron chi connectivity index (χ4n) is 0. The minimum Gasteiger partial charge on any atom is -0.719 e. The molecule has 0 saturated carbocycles. The molecule has 0 heterocycles. The summed E-state index contributed by atoms with van der Waals surface area (Å²) in [6, 6.07) is 0. The Labute approximate surface area is 77.8 Å². The average Bonchev–Trinajstić information content (AvgIpc) is 1.25. The van der Waals surface area contributed by atoms with Crippen molar-refractivity contribution in [2.75, 3.05) is 0 Å². The Morgan fingerprint density at radius 1 is 1.00 bits per heavy atom. The van der Waals surface area contributed by atoms with E-state index < -0.39 is 10.5 Å². The Bertz CT molecular complexity index is 78.6. The molecule has 0 aliphatic rings. The van der Waals surface area contributed by atoms with Crippen molar-refractivity contribution in [2.45, 2.75) is 0 Å². The number of carbonyl (C=O) groups excluding carboxylic acids is 2. The molecule has 0 radical (unpaired) electrons.